The van der Waals surface area contributed by atoms with Gasteiger partial charge in [0.15, 0.2) is 5.65 Å². The molecule has 4 rings (SSSR count). The second kappa shape index (κ2) is 8.94. The van der Waals surface area contributed by atoms with Crippen molar-refractivity contribution < 1.29 is 9.18 Å². The van der Waals surface area contributed by atoms with Crippen LogP contribution < -0.4 is 11.1 Å². The van der Waals surface area contributed by atoms with Gasteiger partial charge in [-0.25, -0.2) is 14.4 Å². The maximum Gasteiger partial charge on any atom is 0.257 e. The number of nitrogen functional groups attached to an aromatic ring is 1. The Kier molecular flexibility index (Phi) is 6.08. The summed E-state index contributed by atoms with van der Waals surface area (Å²) < 4.78 is 15.6. The Labute approximate surface area is 186 Å². The van der Waals surface area contributed by atoms with E-state index in [4.69, 9.17) is 15.7 Å². The minimum absolute atomic E-state index is 0.0124. The summed E-state index contributed by atoms with van der Waals surface area (Å²) in [4.78, 5) is 22.7. The van der Waals surface area contributed by atoms with E-state index in [0.29, 0.717) is 33.8 Å². The maximum absolute atomic E-state index is 14.0. The summed E-state index contributed by atoms with van der Waals surface area (Å²) in [6.07, 6.45) is 3.02. The number of nitrogens with two attached hydrogens (primary N) is 1. The monoisotopic (exact) mass is 433 g/mol. The van der Waals surface area contributed by atoms with Crippen molar-refractivity contribution in [1.29, 1.82) is 0 Å². The highest BCUT2D eigenvalue weighted by molar-refractivity contribution is 6.11. The fraction of sp³-hybridized carbons (Fsp3) is 0.320. The predicted octanol–water partition coefficient (Wildman–Crippen LogP) is 5.24. The van der Waals surface area contributed by atoms with Gasteiger partial charge in [-0.05, 0) is 49.6 Å². The lowest BCUT2D eigenvalue weighted by Crippen LogP contribution is -2.33. The topological polar surface area (TPSA) is 85.8 Å². The minimum atomic E-state index is -0.401. The van der Waals surface area contributed by atoms with Crippen LogP contribution in [0.5, 0.6) is 0 Å². The molecule has 1 amide bonds. The third-order valence-electron chi connectivity index (χ3n) is 5.59. The number of amides is 1. The van der Waals surface area contributed by atoms with Crippen LogP contribution in [-0.4, -0.2) is 26.5 Å². The number of halogens is 1. The quantitative estimate of drug-likeness (QED) is 0.417. The van der Waals surface area contributed by atoms with Crippen molar-refractivity contribution in [3.63, 3.8) is 0 Å². The molecule has 1 atom stereocenters. The van der Waals surface area contributed by atoms with E-state index in [1.807, 2.05) is 31.2 Å². The van der Waals surface area contributed by atoms with Crippen LogP contribution in [0, 0.1) is 11.7 Å². The summed E-state index contributed by atoms with van der Waals surface area (Å²) in [6, 6.07) is 13.5. The van der Waals surface area contributed by atoms with Crippen molar-refractivity contribution in [2.45, 2.75) is 46.1 Å². The van der Waals surface area contributed by atoms with Gasteiger partial charge in [0.25, 0.3) is 5.91 Å². The maximum atomic E-state index is 14.0. The Morgan fingerprint density at radius 1 is 1.06 bits per heavy atom. The van der Waals surface area contributed by atoms with E-state index in [1.54, 1.807) is 16.7 Å². The molecule has 0 unspecified atom stereocenters. The van der Waals surface area contributed by atoms with Crippen molar-refractivity contribution >= 4 is 33.9 Å². The van der Waals surface area contributed by atoms with Crippen LogP contribution in [0.1, 0.15) is 50.4 Å². The van der Waals surface area contributed by atoms with Gasteiger partial charge in [-0.2, -0.15) is 0 Å². The molecule has 0 aliphatic carbocycles. The van der Waals surface area contributed by atoms with Gasteiger partial charge in [0, 0.05) is 6.04 Å². The standard InChI is InChI=1S/C25H28FN5O/c1-15(2)8-6-9-16(3)28-25(32)21-22-24(30-20-13-5-4-12-19(20)29-22)31(23(21)27)18-11-7-10-17(26)14-18/h4-5,7,10-16H,6,8-9,27H2,1-3H3,(H,28,32)/t16-/m1/s1. The fourth-order valence-corrected chi connectivity index (χ4v) is 3.96. The number of rotatable bonds is 7. The summed E-state index contributed by atoms with van der Waals surface area (Å²) in [5.74, 6) is 0.112. The Morgan fingerprint density at radius 3 is 2.47 bits per heavy atom. The van der Waals surface area contributed by atoms with Crippen LogP contribution in [0.3, 0.4) is 0 Å². The van der Waals surface area contributed by atoms with Gasteiger partial charge in [0.05, 0.1) is 16.7 Å². The largest absolute Gasteiger partial charge is 0.384 e. The average Bonchev–Trinajstić information content (AvgIpc) is 3.02. The Hall–Kier alpha value is -3.48. The summed E-state index contributed by atoms with van der Waals surface area (Å²) >= 11 is 0. The lowest BCUT2D eigenvalue weighted by atomic mass is 10.0. The molecule has 32 heavy (non-hydrogen) atoms. The van der Waals surface area contributed by atoms with Crippen molar-refractivity contribution in [3.8, 4) is 5.69 Å². The molecule has 2 aromatic carbocycles. The van der Waals surface area contributed by atoms with E-state index in [2.05, 4.69) is 19.2 Å². The SMILES string of the molecule is CC(C)CCC[C@@H](C)NC(=O)c1c(N)n(-c2cccc(F)c2)c2nc3ccccc3nc12. The zero-order valence-corrected chi connectivity index (χ0v) is 18.6. The molecule has 0 spiro atoms. The molecule has 0 bridgehead atoms. The number of nitrogens with zero attached hydrogens (tertiary/aromatic N) is 3. The van der Waals surface area contributed by atoms with Gasteiger partial charge in [-0.15, -0.1) is 0 Å². The molecule has 0 saturated carbocycles. The number of anilines is 1. The summed E-state index contributed by atoms with van der Waals surface area (Å²) in [6.45, 7) is 6.36. The van der Waals surface area contributed by atoms with Gasteiger partial charge in [-0.3, -0.25) is 9.36 Å². The number of nitrogens with one attached hydrogen (secondary N) is 1. The van der Waals surface area contributed by atoms with Crippen LogP contribution in [0.2, 0.25) is 0 Å². The predicted molar refractivity (Wildman–Crippen MR) is 126 cm³/mol. The number of hydrogen-bond acceptors (Lipinski definition) is 4. The minimum Gasteiger partial charge on any atom is -0.384 e. The van der Waals surface area contributed by atoms with Crippen LogP contribution in [-0.2, 0) is 0 Å². The van der Waals surface area contributed by atoms with E-state index in [1.165, 1.54) is 12.1 Å². The van der Waals surface area contributed by atoms with Crippen molar-refractivity contribution in [3.05, 3.63) is 59.9 Å². The number of benzene rings is 2. The molecule has 0 aliphatic rings. The molecule has 2 aromatic heterocycles. The molecular formula is C25H28FN5O. The second-order valence-electron chi connectivity index (χ2n) is 8.66. The molecular weight excluding hydrogens is 405 g/mol. The Morgan fingerprint density at radius 2 is 1.78 bits per heavy atom. The van der Waals surface area contributed by atoms with Crippen LogP contribution in [0.4, 0.5) is 10.2 Å². The number of carbonyl (C=O) groups is 1. The van der Waals surface area contributed by atoms with Gasteiger partial charge < -0.3 is 11.1 Å². The van der Waals surface area contributed by atoms with Crippen LogP contribution in [0.25, 0.3) is 27.9 Å². The molecule has 0 fully saturated rings. The highest BCUT2D eigenvalue weighted by Crippen LogP contribution is 2.31. The summed E-state index contributed by atoms with van der Waals surface area (Å²) in [5, 5.41) is 3.05. The van der Waals surface area contributed by atoms with Crippen molar-refractivity contribution in [1.82, 2.24) is 19.9 Å². The molecule has 2 heterocycles. The lowest BCUT2D eigenvalue weighted by molar-refractivity contribution is 0.0940. The van der Waals surface area contributed by atoms with Crippen LogP contribution in [0.15, 0.2) is 48.5 Å². The Bertz CT molecular complexity index is 1280. The first-order chi connectivity index (χ1) is 15.3. The fourth-order valence-electron chi connectivity index (χ4n) is 3.96. The van der Waals surface area contributed by atoms with E-state index in [0.717, 1.165) is 19.3 Å². The van der Waals surface area contributed by atoms with Crippen LogP contribution >= 0.6 is 0 Å². The average molecular weight is 434 g/mol. The van der Waals surface area contributed by atoms with E-state index in [-0.39, 0.29) is 23.3 Å². The van der Waals surface area contributed by atoms with Gasteiger partial charge in [0.1, 0.15) is 22.7 Å². The molecule has 0 radical (unpaired) electrons. The highest BCUT2D eigenvalue weighted by Gasteiger charge is 2.25. The third kappa shape index (κ3) is 4.28. The van der Waals surface area contributed by atoms with E-state index < -0.39 is 5.82 Å². The first kappa shape index (κ1) is 21.7. The molecule has 0 aliphatic heterocycles. The highest BCUT2D eigenvalue weighted by atomic mass is 19.1. The van der Waals surface area contributed by atoms with Gasteiger partial charge in [0.2, 0.25) is 0 Å². The number of aromatic nitrogens is 3. The molecule has 3 N–H and O–H groups in total. The van der Waals surface area contributed by atoms with Gasteiger partial charge in [-0.1, -0.05) is 44.9 Å². The smallest absolute Gasteiger partial charge is 0.257 e. The normalized spacial score (nSPS) is 12.5. The number of para-hydroxylation sites is 2. The second-order valence-corrected chi connectivity index (χ2v) is 8.66. The van der Waals surface area contributed by atoms with E-state index in [9.17, 15) is 9.18 Å². The molecule has 166 valence electrons. The zero-order valence-electron chi connectivity index (χ0n) is 18.6. The number of hydrogen-bond donors (Lipinski definition) is 2. The molecule has 6 nitrogen and oxygen atoms in total. The first-order valence-electron chi connectivity index (χ1n) is 11.0. The molecule has 0 saturated heterocycles. The lowest BCUT2D eigenvalue weighted by Gasteiger charge is -2.14. The first-order valence-corrected chi connectivity index (χ1v) is 11.0. The molecule has 7 heteroatoms. The zero-order chi connectivity index (χ0) is 22.8. The third-order valence-corrected chi connectivity index (χ3v) is 5.59. The van der Waals surface area contributed by atoms with Crippen molar-refractivity contribution in [2.24, 2.45) is 5.92 Å². The van der Waals surface area contributed by atoms with Crippen molar-refractivity contribution in [2.75, 3.05) is 5.73 Å². The molecule has 4 aromatic rings. The number of fused-ring (bicyclic) bond motifs is 2. The van der Waals surface area contributed by atoms with E-state index >= 15 is 0 Å². The number of carbonyl (C=O) groups excluding carboxylic acids is 1. The Balaban J connectivity index is 1.80. The summed E-state index contributed by atoms with van der Waals surface area (Å²) in [5.41, 5.74) is 9.38. The van der Waals surface area contributed by atoms with Gasteiger partial charge >= 0.3 is 0 Å². The summed E-state index contributed by atoms with van der Waals surface area (Å²) in [7, 11) is 0.